The molecule has 0 amide bonds. The Morgan fingerprint density at radius 1 is 1.71 bits per heavy atom. The predicted octanol–water partition coefficient (Wildman–Crippen LogP) is 1.92. The van der Waals surface area contributed by atoms with Crippen molar-refractivity contribution in [3.63, 3.8) is 0 Å². The number of hydrogen-bond acceptors (Lipinski definition) is 2. The molecule has 0 bridgehead atoms. The molecule has 3 nitrogen and oxygen atoms in total. The fourth-order valence-corrected chi connectivity index (χ4v) is 1.97. The predicted molar refractivity (Wildman–Crippen MR) is 56.4 cm³/mol. The molecule has 14 heavy (non-hydrogen) atoms. The van der Waals surface area contributed by atoms with E-state index in [9.17, 15) is 4.79 Å². The number of carboxylic acids is 1. The minimum atomic E-state index is -0.663. The summed E-state index contributed by atoms with van der Waals surface area (Å²) in [6.45, 7) is 3.73. The van der Waals surface area contributed by atoms with E-state index in [1.807, 2.05) is 6.08 Å². The summed E-state index contributed by atoms with van der Waals surface area (Å²) in [4.78, 5) is 13.0. The van der Waals surface area contributed by atoms with E-state index in [0.29, 0.717) is 6.04 Å². The van der Waals surface area contributed by atoms with E-state index in [4.69, 9.17) is 16.7 Å². The molecule has 0 saturated carbocycles. The van der Waals surface area contributed by atoms with Crippen molar-refractivity contribution in [2.24, 2.45) is 5.92 Å². The topological polar surface area (TPSA) is 40.5 Å². The normalized spacial score (nSPS) is 29.6. The first-order chi connectivity index (χ1) is 6.65. The molecule has 0 spiro atoms. The lowest BCUT2D eigenvalue weighted by atomic mass is 9.92. The third-order valence-corrected chi connectivity index (χ3v) is 2.97. The van der Waals surface area contributed by atoms with Crippen molar-refractivity contribution in [2.75, 3.05) is 13.1 Å². The molecule has 2 atom stereocenters. The third kappa shape index (κ3) is 3.00. The Balaban J connectivity index is 2.43. The molecule has 0 aliphatic carbocycles. The molecule has 1 aliphatic rings. The standard InChI is InChI=1S/C10H16ClNO2/c1-8-7-9(10(13)14)3-6-12(8)5-2-4-11/h2,4,8-9H,3,5-7H2,1H3,(H,13,14)/b4-2+. The molecule has 1 aliphatic heterocycles. The van der Waals surface area contributed by atoms with Crippen molar-refractivity contribution in [3.05, 3.63) is 11.6 Å². The maximum Gasteiger partial charge on any atom is 0.306 e. The van der Waals surface area contributed by atoms with Gasteiger partial charge in [-0.2, -0.15) is 0 Å². The van der Waals surface area contributed by atoms with Gasteiger partial charge in [-0.3, -0.25) is 9.69 Å². The number of piperidine rings is 1. The Hall–Kier alpha value is -0.540. The lowest BCUT2D eigenvalue weighted by Crippen LogP contribution is -2.42. The second-order valence-electron chi connectivity index (χ2n) is 3.77. The molecule has 1 N–H and O–H groups in total. The summed E-state index contributed by atoms with van der Waals surface area (Å²) in [5.74, 6) is -0.828. The number of hydrogen-bond donors (Lipinski definition) is 1. The molecule has 0 radical (unpaired) electrons. The van der Waals surface area contributed by atoms with E-state index in [0.717, 1.165) is 25.9 Å². The van der Waals surface area contributed by atoms with Crippen molar-refractivity contribution in [2.45, 2.75) is 25.8 Å². The molecule has 0 aromatic carbocycles. The van der Waals surface area contributed by atoms with Crippen LogP contribution in [0.25, 0.3) is 0 Å². The second kappa shape index (κ2) is 5.37. The first kappa shape index (κ1) is 11.5. The van der Waals surface area contributed by atoms with Crippen molar-refractivity contribution < 1.29 is 9.90 Å². The van der Waals surface area contributed by atoms with Crippen LogP contribution in [0.1, 0.15) is 19.8 Å². The maximum atomic E-state index is 10.8. The van der Waals surface area contributed by atoms with Gasteiger partial charge in [0.2, 0.25) is 0 Å². The number of rotatable bonds is 3. The van der Waals surface area contributed by atoms with Crippen LogP contribution >= 0.6 is 11.6 Å². The Labute approximate surface area is 89.3 Å². The van der Waals surface area contributed by atoms with Crippen LogP contribution in [0.15, 0.2) is 11.6 Å². The van der Waals surface area contributed by atoms with Gasteiger partial charge in [-0.25, -0.2) is 0 Å². The lowest BCUT2D eigenvalue weighted by Gasteiger charge is -2.35. The fourth-order valence-electron chi connectivity index (χ4n) is 1.89. The number of aliphatic carboxylic acids is 1. The van der Waals surface area contributed by atoms with Crippen molar-refractivity contribution in [1.29, 1.82) is 0 Å². The van der Waals surface area contributed by atoms with Gasteiger partial charge in [-0.1, -0.05) is 17.7 Å². The molecule has 0 aromatic rings. The zero-order chi connectivity index (χ0) is 10.6. The van der Waals surface area contributed by atoms with Crippen molar-refractivity contribution in [3.8, 4) is 0 Å². The molecule has 1 fully saturated rings. The number of nitrogens with zero attached hydrogens (tertiary/aromatic N) is 1. The van der Waals surface area contributed by atoms with Crippen molar-refractivity contribution >= 4 is 17.6 Å². The highest BCUT2D eigenvalue weighted by Gasteiger charge is 2.28. The first-order valence-corrected chi connectivity index (χ1v) is 5.31. The van der Waals surface area contributed by atoms with Crippen LogP contribution in [0, 0.1) is 5.92 Å². The number of likely N-dealkylation sites (tertiary alicyclic amines) is 1. The van der Waals surface area contributed by atoms with E-state index in [1.165, 1.54) is 5.54 Å². The van der Waals surface area contributed by atoms with Crippen LogP contribution in [0.3, 0.4) is 0 Å². The average molecular weight is 218 g/mol. The van der Waals surface area contributed by atoms with Crippen LogP contribution in [-0.4, -0.2) is 35.1 Å². The minimum Gasteiger partial charge on any atom is -0.481 e. The van der Waals surface area contributed by atoms with Crippen LogP contribution in [-0.2, 0) is 4.79 Å². The highest BCUT2D eigenvalue weighted by atomic mass is 35.5. The number of carbonyl (C=O) groups is 1. The maximum absolute atomic E-state index is 10.8. The Morgan fingerprint density at radius 3 is 2.93 bits per heavy atom. The van der Waals surface area contributed by atoms with Crippen LogP contribution < -0.4 is 0 Å². The van der Waals surface area contributed by atoms with E-state index in [2.05, 4.69) is 11.8 Å². The molecule has 4 heteroatoms. The van der Waals surface area contributed by atoms with Crippen LogP contribution in [0.2, 0.25) is 0 Å². The molecule has 2 unspecified atom stereocenters. The van der Waals surface area contributed by atoms with E-state index in [1.54, 1.807) is 0 Å². The quantitative estimate of drug-likeness (QED) is 0.786. The van der Waals surface area contributed by atoms with Gasteiger partial charge in [0.25, 0.3) is 0 Å². The van der Waals surface area contributed by atoms with Crippen LogP contribution in [0.4, 0.5) is 0 Å². The molecule has 1 heterocycles. The molecule has 1 saturated heterocycles. The molecule has 0 aromatic heterocycles. The minimum absolute atomic E-state index is 0.166. The SMILES string of the molecule is CC1CC(C(=O)O)CCN1C/C=C/Cl. The summed E-state index contributed by atoms with van der Waals surface area (Å²) in [6, 6.07) is 0.331. The summed E-state index contributed by atoms with van der Waals surface area (Å²) in [5, 5.41) is 8.86. The van der Waals surface area contributed by atoms with E-state index >= 15 is 0 Å². The monoisotopic (exact) mass is 217 g/mol. The Bertz CT molecular complexity index is 230. The Morgan fingerprint density at radius 2 is 2.43 bits per heavy atom. The molecular formula is C10H16ClNO2. The summed E-state index contributed by atoms with van der Waals surface area (Å²) < 4.78 is 0. The second-order valence-corrected chi connectivity index (χ2v) is 4.02. The zero-order valence-electron chi connectivity index (χ0n) is 8.32. The third-order valence-electron chi connectivity index (χ3n) is 2.79. The Kier molecular flexibility index (Phi) is 4.42. The average Bonchev–Trinajstić information content (AvgIpc) is 2.15. The fraction of sp³-hybridized carbons (Fsp3) is 0.700. The van der Waals surface area contributed by atoms with Crippen molar-refractivity contribution in [1.82, 2.24) is 4.90 Å². The van der Waals surface area contributed by atoms with Gasteiger partial charge < -0.3 is 5.11 Å². The largest absolute Gasteiger partial charge is 0.481 e. The van der Waals surface area contributed by atoms with Gasteiger partial charge in [0.15, 0.2) is 0 Å². The molecule has 80 valence electrons. The summed E-state index contributed by atoms with van der Waals surface area (Å²) in [5.41, 5.74) is 1.51. The van der Waals surface area contributed by atoms with Crippen LogP contribution in [0.5, 0.6) is 0 Å². The van der Waals surface area contributed by atoms with Gasteiger partial charge in [-0.15, -0.1) is 0 Å². The smallest absolute Gasteiger partial charge is 0.306 e. The van der Waals surface area contributed by atoms with Gasteiger partial charge in [0, 0.05) is 18.1 Å². The number of halogens is 1. The summed E-state index contributed by atoms with van der Waals surface area (Å²) in [6.07, 6.45) is 3.38. The van der Waals surface area contributed by atoms with Gasteiger partial charge in [0.1, 0.15) is 0 Å². The first-order valence-electron chi connectivity index (χ1n) is 4.87. The highest BCUT2D eigenvalue weighted by Crippen LogP contribution is 2.22. The van der Waals surface area contributed by atoms with E-state index < -0.39 is 5.97 Å². The molecule has 1 rings (SSSR count). The lowest BCUT2D eigenvalue weighted by molar-refractivity contribution is -0.143. The summed E-state index contributed by atoms with van der Waals surface area (Å²) in [7, 11) is 0. The number of carboxylic acid groups (broad SMARTS) is 1. The highest BCUT2D eigenvalue weighted by molar-refractivity contribution is 6.25. The van der Waals surface area contributed by atoms with Gasteiger partial charge >= 0.3 is 5.97 Å². The van der Waals surface area contributed by atoms with Gasteiger partial charge in [-0.05, 0) is 26.3 Å². The molecular weight excluding hydrogens is 202 g/mol. The van der Waals surface area contributed by atoms with E-state index in [-0.39, 0.29) is 5.92 Å². The zero-order valence-corrected chi connectivity index (χ0v) is 9.07. The summed E-state index contributed by atoms with van der Waals surface area (Å²) >= 11 is 5.45. The van der Waals surface area contributed by atoms with Gasteiger partial charge in [0.05, 0.1) is 5.92 Å².